The van der Waals surface area contributed by atoms with E-state index < -0.39 is 0 Å². The lowest BCUT2D eigenvalue weighted by Crippen LogP contribution is -2.13. The van der Waals surface area contributed by atoms with E-state index in [0.717, 1.165) is 11.8 Å². The minimum atomic E-state index is -0.223. The molecular formula is C25H23N3O6S. The zero-order valence-corrected chi connectivity index (χ0v) is 20.1. The molecule has 9 nitrogen and oxygen atoms in total. The van der Waals surface area contributed by atoms with Crippen molar-refractivity contribution in [3.8, 4) is 40.2 Å². The Bertz CT molecular complexity index is 1270. The lowest BCUT2D eigenvalue weighted by molar-refractivity contribution is -0.113. The molecule has 0 bridgehead atoms. The highest BCUT2D eigenvalue weighted by Crippen LogP contribution is 2.41. The highest BCUT2D eigenvalue weighted by molar-refractivity contribution is 7.99. The first-order valence-corrected chi connectivity index (χ1v) is 11.5. The SMILES string of the molecule is COc1cc(-c2nnc(SCC(=O)Nc3cccc(Oc4ccccc4)c3)o2)cc(OC)c1OC. The van der Waals surface area contributed by atoms with Crippen molar-refractivity contribution in [3.63, 3.8) is 0 Å². The number of carbonyl (C=O) groups is 1. The van der Waals surface area contributed by atoms with Gasteiger partial charge in [0.05, 0.1) is 27.1 Å². The third kappa shape index (κ3) is 6.04. The molecule has 0 radical (unpaired) electrons. The molecule has 4 aromatic rings. The van der Waals surface area contributed by atoms with Crippen LogP contribution in [-0.4, -0.2) is 43.2 Å². The van der Waals surface area contributed by atoms with Gasteiger partial charge in [-0.3, -0.25) is 4.79 Å². The van der Waals surface area contributed by atoms with E-state index in [-0.39, 0.29) is 22.8 Å². The molecule has 0 aliphatic heterocycles. The number of nitrogens with one attached hydrogen (secondary N) is 1. The number of amides is 1. The zero-order chi connectivity index (χ0) is 24.6. The summed E-state index contributed by atoms with van der Waals surface area (Å²) in [5.74, 6) is 2.85. The second-order valence-corrected chi connectivity index (χ2v) is 7.99. The fraction of sp³-hybridized carbons (Fsp3) is 0.160. The monoisotopic (exact) mass is 493 g/mol. The van der Waals surface area contributed by atoms with Crippen molar-refractivity contribution >= 4 is 23.4 Å². The quantitative estimate of drug-likeness (QED) is 0.295. The number of benzene rings is 3. The van der Waals surface area contributed by atoms with Crippen molar-refractivity contribution in [2.24, 2.45) is 0 Å². The Morgan fingerprint density at radius 1 is 0.886 bits per heavy atom. The maximum absolute atomic E-state index is 12.5. The molecule has 0 unspecified atom stereocenters. The summed E-state index contributed by atoms with van der Waals surface area (Å²) in [5.41, 5.74) is 1.21. The van der Waals surface area contributed by atoms with Gasteiger partial charge < -0.3 is 28.7 Å². The second-order valence-electron chi connectivity index (χ2n) is 7.07. The third-order valence-electron chi connectivity index (χ3n) is 4.74. The number of ether oxygens (including phenoxy) is 4. The molecule has 1 N–H and O–H groups in total. The molecular weight excluding hydrogens is 470 g/mol. The van der Waals surface area contributed by atoms with E-state index in [4.69, 9.17) is 23.4 Å². The van der Waals surface area contributed by atoms with Gasteiger partial charge in [-0.25, -0.2) is 0 Å². The molecule has 0 saturated heterocycles. The summed E-state index contributed by atoms with van der Waals surface area (Å²) >= 11 is 1.13. The lowest BCUT2D eigenvalue weighted by atomic mass is 10.2. The van der Waals surface area contributed by atoms with Crippen molar-refractivity contribution in [1.82, 2.24) is 10.2 Å². The van der Waals surface area contributed by atoms with Crippen LogP contribution in [0.15, 0.2) is 76.4 Å². The van der Waals surface area contributed by atoms with Crippen LogP contribution in [0.2, 0.25) is 0 Å². The van der Waals surface area contributed by atoms with Crippen molar-refractivity contribution < 1.29 is 28.2 Å². The van der Waals surface area contributed by atoms with Crippen LogP contribution in [0, 0.1) is 0 Å². The maximum atomic E-state index is 12.5. The topological polar surface area (TPSA) is 105 Å². The first kappa shape index (κ1) is 24.0. The Balaban J connectivity index is 1.37. The number of hydrogen-bond acceptors (Lipinski definition) is 9. The molecule has 0 aliphatic rings. The number of carbonyl (C=O) groups excluding carboxylic acids is 1. The van der Waals surface area contributed by atoms with Gasteiger partial charge in [0.2, 0.25) is 17.5 Å². The van der Waals surface area contributed by atoms with Crippen LogP contribution in [-0.2, 0) is 4.79 Å². The van der Waals surface area contributed by atoms with Gasteiger partial charge in [-0.2, -0.15) is 0 Å². The summed E-state index contributed by atoms with van der Waals surface area (Å²) in [4.78, 5) is 12.5. The van der Waals surface area contributed by atoms with E-state index >= 15 is 0 Å². The Morgan fingerprint density at radius 3 is 2.29 bits per heavy atom. The van der Waals surface area contributed by atoms with Crippen molar-refractivity contribution in [2.75, 3.05) is 32.4 Å². The van der Waals surface area contributed by atoms with Crippen LogP contribution in [0.5, 0.6) is 28.7 Å². The first-order chi connectivity index (χ1) is 17.1. The fourth-order valence-corrected chi connectivity index (χ4v) is 3.74. The van der Waals surface area contributed by atoms with E-state index in [2.05, 4.69) is 15.5 Å². The number of methoxy groups -OCH3 is 3. The molecule has 4 rings (SSSR count). The molecule has 1 amide bonds. The second kappa shape index (κ2) is 11.3. The lowest BCUT2D eigenvalue weighted by Gasteiger charge is -2.12. The molecule has 0 spiro atoms. The van der Waals surface area contributed by atoms with Crippen LogP contribution in [0.1, 0.15) is 0 Å². The molecule has 0 saturated carbocycles. The van der Waals surface area contributed by atoms with Crippen LogP contribution >= 0.6 is 11.8 Å². The largest absolute Gasteiger partial charge is 0.493 e. The van der Waals surface area contributed by atoms with Crippen LogP contribution in [0.4, 0.5) is 5.69 Å². The Kier molecular flexibility index (Phi) is 7.74. The highest BCUT2D eigenvalue weighted by atomic mass is 32.2. The average molecular weight is 494 g/mol. The van der Waals surface area contributed by atoms with Crippen LogP contribution in [0.25, 0.3) is 11.5 Å². The van der Waals surface area contributed by atoms with E-state index in [9.17, 15) is 4.79 Å². The molecule has 180 valence electrons. The van der Waals surface area contributed by atoms with Crippen molar-refractivity contribution in [2.45, 2.75) is 5.22 Å². The molecule has 3 aromatic carbocycles. The minimum Gasteiger partial charge on any atom is -0.493 e. The molecule has 0 atom stereocenters. The standard InChI is InChI=1S/C25H23N3O6S/c1-30-20-12-16(13-21(31-2)23(20)32-3)24-27-28-25(34-24)35-15-22(29)26-17-8-7-11-19(14-17)33-18-9-5-4-6-10-18/h4-14H,15H2,1-3H3,(H,26,29). The van der Waals surface area contributed by atoms with Crippen LogP contribution in [0.3, 0.4) is 0 Å². The van der Waals surface area contributed by atoms with E-state index in [1.54, 1.807) is 24.3 Å². The first-order valence-electron chi connectivity index (χ1n) is 10.5. The predicted molar refractivity (Wildman–Crippen MR) is 132 cm³/mol. The van der Waals surface area contributed by atoms with E-state index in [1.807, 2.05) is 42.5 Å². The molecule has 0 fully saturated rings. The maximum Gasteiger partial charge on any atom is 0.277 e. The van der Waals surface area contributed by atoms with Crippen molar-refractivity contribution in [1.29, 1.82) is 0 Å². The highest BCUT2D eigenvalue weighted by Gasteiger charge is 2.18. The summed E-state index contributed by atoms with van der Waals surface area (Å²) in [5, 5.41) is 11.2. The molecule has 0 aliphatic carbocycles. The zero-order valence-electron chi connectivity index (χ0n) is 19.3. The molecule has 1 heterocycles. The normalized spacial score (nSPS) is 10.5. The fourth-order valence-electron chi connectivity index (χ4n) is 3.18. The summed E-state index contributed by atoms with van der Waals surface area (Å²) in [7, 11) is 4.58. The van der Waals surface area contributed by atoms with Gasteiger partial charge in [0.25, 0.3) is 5.22 Å². The van der Waals surface area contributed by atoms with Gasteiger partial charge in [0.15, 0.2) is 11.5 Å². The number of anilines is 1. The number of rotatable bonds is 10. The van der Waals surface area contributed by atoms with Crippen LogP contribution < -0.4 is 24.3 Å². The van der Waals surface area contributed by atoms with Gasteiger partial charge in [-0.1, -0.05) is 36.0 Å². The van der Waals surface area contributed by atoms with Gasteiger partial charge in [0, 0.05) is 17.3 Å². The Hall–Kier alpha value is -4.18. The van der Waals surface area contributed by atoms with E-state index in [1.165, 1.54) is 21.3 Å². The minimum absolute atomic E-state index is 0.0840. The third-order valence-corrected chi connectivity index (χ3v) is 5.56. The average Bonchev–Trinajstić information content (AvgIpc) is 3.36. The van der Waals surface area contributed by atoms with Gasteiger partial charge in [-0.15, -0.1) is 10.2 Å². The number of aromatic nitrogens is 2. The van der Waals surface area contributed by atoms with Gasteiger partial charge in [-0.05, 0) is 36.4 Å². The van der Waals surface area contributed by atoms with Gasteiger partial charge >= 0.3 is 0 Å². The number of thioether (sulfide) groups is 1. The molecule has 10 heteroatoms. The number of nitrogens with zero attached hydrogens (tertiary/aromatic N) is 2. The smallest absolute Gasteiger partial charge is 0.277 e. The van der Waals surface area contributed by atoms with Gasteiger partial charge in [0.1, 0.15) is 11.5 Å². The summed E-state index contributed by atoms with van der Waals surface area (Å²) < 4.78 is 27.6. The number of hydrogen-bond donors (Lipinski definition) is 1. The summed E-state index contributed by atoms with van der Waals surface area (Å²) in [6, 6.07) is 20.0. The predicted octanol–water partition coefficient (Wildman–Crippen LogP) is 5.29. The number of para-hydroxylation sites is 1. The summed E-state index contributed by atoms with van der Waals surface area (Å²) in [6.45, 7) is 0. The summed E-state index contributed by atoms with van der Waals surface area (Å²) in [6.07, 6.45) is 0. The molecule has 35 heavy (non-hydrogen) atoms. The Labute approximate surface area is 206 Å². The molecule has 1 aromatic heterocycles. The van der Waals surface area contributed by atoms with E-state index in [0.29, 0.717) is 40.0 Å². The van der Waals surface area contributed by atoms with Crippen molar-refractivity contribution in [3.05, 3.63) is 66.7 Å². The Morgan fingerprint density at radius 2 is 1.60 bits per heavy atom.